The van der Waals surface area contributed by atoms with E-state index in [2.05, 4.69) is 10.2 Å². The average Bonchev–Trinajstić information content (AvgIpc) is 2.26. The van der Waals surface area contributed by atoms with Crippen molar-refractivity contribution in [2.24, 2.45) is 0 Å². The van der Waals surface area contributed by atoms with E-state index in [9.17, 15) is 9.59 Å². The molecule has 0 bridgehead atoms. The van der Waals surface area contributed by atoms with Crippen LogP contribution in [0, 0.1) is 0 Å². The Labute approximate surface area is 92.9 Å². The van der Waals surface area contributed by atoms with Gasteiger partial charge < -0.3 is 5.11 Å². The van der Waals surface area contributed by atoms with E-state index in [0.717, 1.165) is 6.42 Å². The summed E-state index contributed by atoms with van der Waals surface area (Å²) >= 11 is 0. The van der Waals surface area contributed by atoms with E-state index in [0.29, 0.717) is 0 Å². The van der Waals surface area contributed by atoms with Crippen LogP contribution in [0.25, 0.3) is 0 Å². The zero-order chi connectivity index (χ0) is 12.1. The topological polar surface area (TPSA) is 85.1 Å². The second-order valence-corrected chi connectivity index (χ2v) is 3.64. The van der Waals surface area contributed by atoms with E-state index in [1.165, 1.54) is 10.9 Å². The number of carbonyl (C=O) groups is 1. The lowest BCUT2D eigenvalue weighted by atomic mass is 10.2. The third kappa shape index (κ3) is 2.88. The molecule has 1 aromatic heterocycles. The van der Waals surface area contributed by atoms with Gasteiger partial charge in [0.25, 0.3) is 5.56 Å². The number of nitrogens with zero attached hydrogens (tertiary/aromatic N) is 3. The molecular formula is C10H15N3O3. The van der Waals surface area contributed by atoms with Gasteiger partial charge in [-0.15, -0.1) is 10.2 Å². The van der Waals surface area contributed by atoms with Crippen LogP contribution >= 0.6 is 0 Å². The first kappa shape index (κ1) is 12.4. The molecule has 0 aromatic carbocycles. The van der Waals surface area contributed by atoms with Gasteiger partial charge in [0.05, 0.1) is 6.42 Å². The van der Waals surface area contributed by atoms with Gasteiger partial charge in [0.1, 0.15) is 12.0 Å². The molecular weight excluding hydrogens is 210 g/mol. The summed E-state index contributed by atoms with van der Waals surface area (Å²) in [6.07, 6.45) is 2.22. The van der Waals surface area contributed by atoms with E-state index in [1.807, 2.05) is 13.8 Å². The molecule has 0 aliphatic rings. The van der Waals surface area contributed by atoms with Crippen LogP contribution in [0.15, 0.2) is 11.1 Å². The molecule has 1 rings (SSSR count). The molecule has 1 atom stereocenters. The van der Waals surface area contributed by atoms with Gasteiger partial charge in [-0.25, -0.2) is 0 Å². The molecule has 0 amide bonds. The van der Waals surface area contributed by atoms with Gasteiger partial charge in [-0.3, -0.25) is 14.2 Å². The molecule has 0 radical (unpaired) electrons. The maximum Gasteiger partial charge on any atom is 0.303 e. The standard InChI is InChI=1S/C10H15N3O3/c1-3-7(2)13-6-11-12-8(10(13)16)4-5-9(14)15/h6-7H,3-5H2,1-2H3,(H,14,15). The van der Waals surface area contributed by atoms with Crippen molar-refractivity contribution in [2.45, 2.75) is 39.2 Å². The third-order valence-corrected chi connectivity index (χ3v) is 2.48. The minimum Gasteiger partial charge on any atom is -0.481 e. The molecule has 6 nitrogen and oxygen atoms in total. The average molecular weight is 225 g/mol. The lowest BCUT2D eigenvalue weighted by Gasteiger charge is -2.12. The summed E-state index contributed by atoms with van der Waals surface area (Å²) in [6, 6.07) is 0.0478. The Morgan fingerprint density at radius 3 is 2.88 bits per heavy atom. The van der Waals surface area contributed by atoms with Gasteiger partial charge in [-0.05, 0) is 13.3 Å². The molecule has 0 saturated carbocycles. The van der Waals surface area contributed by atoms with Crippen LogP contribution in [-0.2, 0) is 11.2 Å². The number of rotatable bonds is 5. The SMILES string of the molecule is CCC(C)n1cnnc(CCC(=O)O)c1=O. The zero-order valence-corrected chi connectivity index (χ0v) is 9.38. The molecule has 0 aliphatic carbocycles. The highest BCUT2D eigenvalue weighted by Crippen LogP contribution is 2.05. The molecule has 1 N–H and O–H groups in total. The smallest absolute Gasteiger partial charge is 0.303 e. The fraction of sp³-hybridized carbons (Fsp3) is 0.600. The second kappa shape index (κ2) is 5.39. The number of hydrogen-bond donors (Lipinski definition) is 1. The molecule has 0 aliphatic heterocycles. The summed E-state index contributed by atoms with van der Waals surface area (Å²) in [7, 11) is 0. The first-order valence-electron chi connectivity index (χ1n) is 5.20. The Morgan fingerprint density at radius 1 is 1.62 bits per heavy atom. The van der Waals surface area contributed by atoms with E-state index < -0.39 is 5.97 Å². The van der Waals surface area contributed by atoms with Crippen LogP contribution < -0.4 is 5.56 Å². The highest BCUT2D eigenvalue weighted by atomic mass is 16.4. The minimum atomic E-state index is -0.944. The lowest BCUT2D eigenvalue weighted by molar-refractivity contribution is -0.136. The fourth-order valence-corrected chi connectivity index (χ4v) is 1.29. The number of hydrogen-bond acceptors (Lipinski definition) is 4. The first-order valence-corrected chi connectivity index (χ1v) is 5.20. The quantitative estimate of drug-likeness (QED) is 0.794. The number of aromatic nitrogens is 3. The summed E-state index contributed by atoms with van der Waals surface area (Å²) in [6.45, 7) is 3.87. The molecule has 88 valence electrons. The van der Waals surface area contributed by atoms with Crippen LogP contribution in [0.2, 0.25) is 0 Å². The number of aryl methyl sites for hydroxylation is 1. The summed E-state index contributed by atoms with van der Waals surface area (Å²) in [5.41, 5.74) is -0.0317. The van der Waals surface area contributed by atoms with Crippen molar-refractivity contribution < 1.29 is 9.90 Å². The summed E-state index contributed by atoms with van der Waals surface area (Å²) < 4.78 is 1.49. The van der Waals surface area contributed by atoms with Crippen molar-refractivity contribution in [3.8, 4) is 0 Å². The molecule has 1 unspecified atom stereocenters. The van der Waals surface area contributed by atoms with Crippen molar-refractivity contribution >= 4 is 5.97 Å². The molecule has 1 heterocycles. The Balaban J connectivity index is 2.95. The van der Waals surface area contributed by atoms with Crippen molar-refractivity contribution in [2.75, 3.05) is 0 Å². The van der Waals surface area contributed by atoms with Crippen LogP contribution in [-0.4, -0.2) is 25.8 Å². The van der Waals surface area contributed by atoms with Crippen molar-refractivity contribution in [1.29, 1.82) is 0 Å². The van der Waals surface area contributed by atoms with Gasteiger partial charge in [0, 0.05) is 12.5 Å². The van der Waals surface area contributed by atoms with Gasteiger partial charge in [-0.1, -0.05) is 6.92 Å². The van der Waals surface area contributed by atoms with Crippen LogP contribution in [0.3, 0.4) is 0 Å². The monoisotopic (exact) mass is 225 g/mol. The fourth-order valence-electron chi connectivity index (χ4n) is 1.29. The van der Waals surface area contributed by atoms with E-state index in [-0.39, 0.29) is 30.1 Å². The van der Waals surface area contributed by atoms with Gasteiger partial charge >= 0.3 is 5.97 Å². The summed E-state index contributed by atoms with van der Waals surface area (Å²) in [5, 5.41) is 15.9. The number of carboxylic acids is 1. The van der Waals surface area contributed by atoms with Crippen molar-refractivity contribution in [1.82, 2.24) is 14.8 Å². The predicted octanol–water partition coefficient (Wildman–Crippen LogP) is 0.627. The van der Waals surface area contributed by atoms with Crippen LogP contribution in [0.4, 0.5) is 0 Å². The normalized spacial score (nSPS) is 12.4. The number of aliphatic carboxylic acids is 1. The molecule has 6 heteroatoms. The largest absolute Gasteiger partial charge is 0.481 e. The van der Waals surface area contributed by atoms with Gasteiger partial charge in [-0.2, -0.15) is 0 Å². The third-order valence-electron chi connectivity index (χ3n) is 2.48. The summed E-state index contributed by atoms with van der Waals surface area (Å²) in [5.74, 6) is -0.944. The Kier molecular flexibility index (Phi) is 4.16. The van der Waals surface area contributed by atoms with E-state index >= 15 is 0 Å². The lowest BCUT2D eigenvalue weighted by Crippen LogP contribution is -2.28. The van der Waals surface area contributed by atoms with Crippen LogP contribution in [0.5, 0.6) is 0 Å². The molecule has 0 saturated heterocycles. The van der Waals surface area contributed by atoms with Gasteiger partial charge in [0.15, 0.2) is 0 Å². The summed E-state index contributed by atoms with van der Waals surface area (Å²) in [4.78, 5) is 22.3. The second-order valence-electron chi connectivity index (χ2n) is 3.64. The van der Waals surface area contributed by atoms with E-state index in [1.54, 1.807) is 0 Å². The van der Waals surface area contributed by atoms with Gasteiger partial charge in [0.2, 0.25) is 0 Å². The molecule has 0 fully saturated rings. The first-order chi connectivity index (χ1) is 7.56. The predicted molar refractivity (Wildman–Crippen MR) is 57.3 cm³/mol. The highest BCUT2D eigenvalue weighted by Gasteiger charge is 2.11. The van der Waals surface area contributed by atoms with Crippen molar-refractivity contribution in [3.05, 3.63) is 22.4 Å². The number of carboxylic acid groups (broad SMARTS) is 1. The molecule has 0 spiro atoms. The van der Waals surface area contributed by atoms with Crippen LogP contribution in [0.1, 0.15) is 38.4 Å². The zero-order valence-electron chi connectivity index (χ0n) is 9.38. The maximum atomic E-state index is 11.8. The van der Waals surface area contributed by atoms with E-state index in [4.69, 9.17) is 5.11 Å². The highest BCUT2D eigenvalue weighted by molar-refractivity contribution is 5.66. The minimum absolute atomic E-state index is 0.0478. The maximum absolute atomic E-state index is 11.8. The Bertz CT molecular complexity index is 428. The Morgan fingerprint density at radius 2 is 2.31 bits per heavy atom. The molecule has 1 aromatic rings. The Hall–Kier alpha value is -1.72. The van der Waals surface area contributed by atoms with Crippen molar-refractivity contribution in [3.63, 3.8) is 0 Å². The molecule has 16 heavy (non-hydrogen) atoms.